The molecule has 2 aromatic rings. The van der Waals surface area contributed by atoms with Crippen molar-refractivity contribution < 1.29 is 18.8 Å². The second-order valence-electron chi connectivity index (χ2n) is 6.34. The maximum absolute atomic E-state index is 11.4. The van der Waals surface area contributed by atoms with Gasteiger partial charge in [-0.3, -0.25) is 0 Å². The number of rotatable bonds is 9. The van der Waals surface area contributed by atoms with E-state index in [1.165, 1.54) is 5.56 Å². The average molecular weight is 338 g/mol. The maximum atomic E-state index is 11.4. The molecule has 0 saturated carbocycles. The van der Waals surface area contributed by atoms with Crippen molar-refractivity contribution in [2.24, 2.45) is 0 Å². The summed E-state index contributed by atoms with van der Waals surface area (Å²) in [5.41, 5.74) is 2.86. The van der Waals surface area contributed by atoms with Gasteiger partial charge in [0.25, 0.3) is 0 Å². The Morgan fingerprint density at radius 2 is 1.92 bits per heavy atom. The van der Waals surface area contributed by atoms with Gasteiger partial charge >= 0.3 is 5.97 Å². The Bertz CT molecular complexity index is 740. The molecule has 4 nitrogen and oxygen atoms in total. The van der Waals surface area contributed by atoms with Crippen molar-refractivity contribution in [2.75, 3.05) is 13.2 Å². The first-order chi connectivity index (χ1) is 12.2. The topological polar surface area (TPSA) is 38.5 Å². The molecule has 0 saturated heterocycles. The SMILES string of the molecule is C=[N+](CCCCCOc1ccc2c(c1)COC2=O)Cc1ccccc1. The number of hydrogen-bond acceptors (Lipinski definition) is 3. The summed E-state index contributed by atoms with van der Waals surface area (Å²) in [6, 6.07) is 15.9. The van der Waals surface area contributed by atoms with Crippen LogP contribution >= 0.6 is 0 Å². The predicted octanol–water partition coefficient (Wildman–Crippen LogP) is 3.82. The van der Waals surface area contributed by atoms with Crippen molar-refractivity contribution in [3.05, 3.63) is 65.2 Å². The standard InChI is InChI=1S/C21H24NO3/c1-22(15-17-8-4-2-5-9-17)12-6-3-7-13-24-19-10-11-20-18(14-19)16-25-21(20)23/h2,4-5,8-11,14H,1,3,6-7,12-13,15-16H2/q+1. The Morgan fingerprint density at radius 3 is 2.76 bits per heavy atom. The van der Waals surface area contributed by atoms with Gasteiger partial charge in [0, 0.05) is 17.5 Å². The highest BCUT2D eigenvalue weighted by Gasteiger charge is 2.21. The largest absolute Gasteiger partial charge is 0.494 e. The summed E-state index contributed by atoms with van der Waals surface area (Å²) < 4.78 is 12.9. The molecule has 0 N–H and O–H groups in total. The van der Waals surface area contributed by atoms with Crippen molar-refractivity contribution in [1.82, 2.24) is 0 Å². The number of nitrogens with zero attached hydrogens (tertiary/aromatic N) is 1. The maximum Gasteiger partial charge on any atom is 0.338 e. The smallest absolute Gasteiger partial charge is 0.338 e. The molecular weight excluding hydrogens is 314 g/mol. The Labute approximate surface area is 148 Å². The number of hydrogen-bond donors (Lipinski definition) is 0. The van der Waals surface area contributed by atoms with Crippen LogP contribution < -0.4 is 4.74 Å². The molecule has 130 valence electrons. The van der Waals surface area contributed by atoms with E-state index in [-0.39, 0.29) is 5.97 Å². The lowest BCUT2D eigenvalue weighted by Gasteiger charge is -2.07. The van der Waals surface area contributed by atoms with Crippen LogP contribution in [0.15, 0.2) is 48.5 Å². The molecule has 1 aliphatic rings. The number of esters is 1. The van der Waals surface area contributed by atoms with E-state index in [9.17, 15) is 4.79 Å². The summed E-state index contributed by atoms with van der Waals surface area (Å²) in [5, 5.41) is 0. The molecule has 4 heteroatoms. The summed E-state index contributed by atoms with van der Waals surface area (Å²) in [6.07, 6.45) is 3.21. The monoisotopic (exact) mass is 338 g/mol. The number of benzene rings is 2. The third kappa shape index (κ3) is 4.92. The first-order valence-electron chi connectivity index (χ1n) is 8.74. The van der Waals surface area contributed by atoms with Gasteiger partial charge in [-0.05, 0) is 31.0 Å². The van der Waals surface area contributed by atoms with E-state index >= 15 is 0 Å². The second kappa shape index (κ2) is 8.47. The third-order valence-electron chi connectivity index (χ3n) is 4.29. The number of cyclic esters (lactones) is 1. The van der Waals surface area contributed by atoms with E-state index in [1.807, 2.05) is 18.2 Å². The molecule has 0 radical (unpaired) electrons. The molecule has 0 unspecified atom stereocenters. The van der Waals surface area contributed by atoms with Gasteiger partial charge in [-0.15, -0.1) is 0 Å². The molecule has 1 aliphatic heterocycles. The highest BCUT2D eigenvalue weighted by molar-refractivity contribution is 5.93. The van der Waals surface area contributed by atoms with Gasteiger partial charge in [-0.1, -0.05) is 30.3 Å². The van der Waals surface area contributed by atoms with E-state index in [2.05, 4.69) is 35.6 Å². The van der Waals surface area contributed by atoms with Gasteiger partial charge in [0.1, 0.15) is 25.6 Å². The van der Waals surface area contributed by atoms with E-state index in [1.54, 1.807) is 6.07 Å². The van der Waals surface area contributed by atoms with Crippen molar-refractivity contribution >= 4 is 12.7 Å². The molecule has 0 aliphatic carbocycles. The first-order valence-corrected chi connectivity index (χ1v) is 8.74. The molecule has 3 rings (SSSR count). The lowest BCUT2D eigenvalue weighted by molar-refractivity contribution is -0.536. The Hall–Kier alpha value is -2.62. The van der Waals surface area contributed by atoms with Gasteiger partial charge < -0.3 is 9.47 Å². The van der Waals surface area contributed by atoms with Gasteiger partial charge in [-0.25, -0.2) is 9.37 Å². The van der Waals surface area contributed by atoms with Crippen LogP contribution in [0.2, 0.25) is 0 Å². The quantitative estimate of drug-likeness (QED) is 0.302. The fraction of sp³-hybridized carbons (Fsp3) is 0.333. The van der Waals surface area contributed by atoms with Crippen LogP contribution in [-0.4, -0.2) is 30.4 Å². The summed E-state index contributed by atoms with van der Waals surface area (Å²) >= 11 is 0. The lowest BCUT2D eigenvalue weighted by atomic mass is 10.1. The number of carbonyl (C=O) groups is 1. The minimum Gasteiger partial charge on any atom is -0.494 e. The minimum absolute atomic E-state index is 0.241. The number of carbonyl (C=O) groups excluding carboxylic acids is 1. The van der Waals surface area contributed by atoms with Crippen LogP contribution in [0.25, 0.3) is 0 Å². The molecule has 25 heavy (non-hydrogen) atoms. The van der Waals surface area contributed by atoms with Crippen LogP contribution in [0.4, 0.5) is 0 Å². The second-order valence-corrected chi connectivity index (χ2v) is 6.34. The number of ether oxygens (including phenoxy) is 2. The van der Waals surface area contributed by atoms with Gasteiger partial charge in [0.2, 0.25) is 0 Å². The highest BCUT2D eigenvalue weighted by atomic mass is 16.5. The summed E-state index contributed by atoms with van der Waals surface area (Å²) in [4.78, 5) is 11.4. The van der Waals surface area contributed by atoms with Crippen molar-refractivity contribution in [2.45, 2.75) is 32.4 Å². The van der Waals surface area contributed by atoms with Crippen LogP contribution in [-0.2, 0) is 17.9 Å². The lowest BCUT2D eigenvalue weighted by Crippen LogP contribution is -2.11. The third-order valence-corrected chi connectivity index (χ3v) is 4.29. The van der Waals surface area contributed by atoms with Crippen molar-refractivity contribution in [1.29, 1.82) is 0 Å². The van der Waals surface area contributed by atoms with Gasteiger partial charge in [0.15, 0.2) is 6.54 Å². The van der Waals surface area contributed by atoms with Crippen LogP contribution in [0.5, 0.6) is 5.75 Å². The molecule has 0 amide bonds. The Balaban J connectivity index is 1.30. The highest BCUT2D eigenvalue weighted by Crippen LogP contribution is 2.24. The van der Waals surface area contributed by atoms with E-state index in [0.717, 1.165) is 43.7 Å². The first kappa shape index (κ1) is 17.2. The summed E-state index contributed by atoms with van der Waals surface area (Å²) in [7, 11) is 0. The predicted molar refractivity (Wildman–Crippen MR) is 97.3 cm³/mol. The van der Waals surface area contributed by atoms with Crippen LogP contribution in [0.1, 0.15) is 40.7 Å². The van der Waals surface area contributed by atoms with Gasteiger partial charge in [-0.2, -0.15) is 0 Å². The zero-order valence-electron chi connectivity index (χ0n) is 14.4. The molecule has 0 atom stereocenters. The molecule has 0 spiro atoms. The molecule has 1 heterocycles. The van der Waals surface area contributed by atoms with Crippen molar-refractivity contribution in [3.8, 4) is 5.75 Å². The fourth-order valence-corrected chi connectivity index (χ4v) is 2.92. The van der Waals surface area contributed by atoms with Crippen molar-refractivity contribution in [3.63, 3.8) is 0 Å². The fourth-order valence-electron chi connectivity index (χ4n) is 2.92. The number of unbranched alkanes of at least 4 members (excludes halogenated alkanes) is 2. The van der Waals surface area contributed by atoms with E-state index < -0.39 is 0 Å². The number of fused-ring (bicyclic) bond motifs is 1. The zero-order valence-corrected chi connectivity index (χ0v) is 14.4. The van der Waals surface area contributed by atoms with Crippen LogP contribution in [0.3, 0.4) is 0 Å². The average Bonchev–Trinajstić information content (AvgIpc) is 2.99. The molecular formula is C21H24NO3+. The molecule has 0 fully saturated rings. The molecule has 0 aromatic heterocycles. The summed E-state index contributed by atoms with van der Waals surface area (Å²) in [6.45, 7) is 7.00. The zero-order chi connectivity index (χ0) is 17.5. The Morgan fingerprint density at radius 1 is 1.08 bits per heavy atom. The minimum atomic E-state index is -0.241. The Kier molecular flexibility index (Phi) is 5.83. The normalized spacial score (nSPS) is 12.6. The molecule has 0 bridgehead atoms. The molecule has 2 aromatic carbocycles. The van der Waals surface area contributed by atoms with E-state index in [0.29, 0.717) is 18.8 Å². The van der Waals surface area contributed by atoms with E-state index in [4.69, 9.17) is 9.47 Å². The summed E-state index contributed by atoms with van der Waals surface area (Å²) in [5.74, 6) is 0.565. The van der Waals surface area contributed by atoms with Crippen LogP contribution in [0, 0.1) is 0 Å². The van der Waals surface area contributed by atoms with Gasteiger partial charge in [0.05, 0.1) is 12.2 Å².